The van der Waals surface area contributed by atoms with E-state index in [0.717, 1.165) is 31.5 Å². The first kappa shape index (κ1) is 15.9. The van der Waals surface area contributed by atoms with E-state index in [9.17, 15) is 9.18 Å². The molecule has 1 aliphatic heterocycles. The number of halogens is 1. The van der Waals surface area contributed by atoms with Crippen molar-refractivity contribution in [3.63, 3.8) is 0 Å². The lowest BCUT2D eigenvalue weighted by Gasteiger charge is -2.37. The highest BCUT2D eigenvalue weighted by molar-refractivity contribution is 5.78. The van der Waals surface area contributed by atoms with Gasteiger partial charge in [0.25, 0.3) is 0 Å². The molecule has 21 heavy (non-hydrogen) atoms. The molecule has 116 valence electrons. The molecule has 5 heteroatoms. The minimum atomic E-state index is -0.284. The van der Waals surface area contributed by atoms with Gasteiger partial charge in [0.15, 0.2) is 0 Å². The lowest BCUT2D eigenvalue weighted by atomic mass is 9.79. The van der Waals surface area contributed by atoms with E-state index in [1.807, 2.05) is 0 Å². The van der Waals surface area contributed by atoms with Crippen molar-refractivity contribution in [2.75, 3.05) is 33.4 Å². The van der Waals surface area contributed by atoms with E-state index < -0.39 is 0 Å². The summed E-state index contributed by atoms with van der Waals surface area (Å²) in [6, 6.07) is 6.04. The number of nitrogens with one attached hydrogen (secondary N) is 2. The van der Waals surface area contributed by atoms with Gasteiger partial charge < -0.3 is 15.4 Å². The van der Waals surface area contributed by atoms with Gasteiger partial charge in [-0.25, -0.2) is 4.39 Å². The SMILES string of the molecule is COCC1(CNC(=O)Cc2ccc(F)cc2)CCNCC1. The molecule has 0 aliphatic carbocycles. The van der Waals surface area contributed by atoms with Gasteiger partial charge in [0.2, 0.25) is 5.91 Å². The van der Waals surface area contributed by atoms with Crippen molar-refractivity contribution in [2.45, 2.75) is 19.3 Å². The van der Waals surface area contributed by atoms with Crippen LogP contribution >= 0.6 is 0 Å². The third-order valence-electron chi connectivity index (χ3n) is 4.05. The van der Waals surface area contributed by atoms with Gasteiger partial charge in [0, 0.05) is 19.1 Å². The first-order valence-electron chi connectivity index (χ1n) is 7.34. The average Bonchev–Trinajstić information content (AvgIpc) is 2.49. The minimum Gasteiger partial charge on any atom is -0.384 e. The van der Waals surface area contributed by atoms with Crippen molar-refractivity contribution in [2.24, 2.45) is 5.41 Å². The first-order chi connectivity index (χ1) is 10.1. The van der Waals surface area contributed by atoms with Gasteiger partial charge in [-0.3, -0.25) is 4.79 Å². The quantitative estimate of drug-likeness (QED) is 0.836. The number of benzene rings is 1. The summed E-state index contributed by atoms with van der Waals surface area (Å²) in [4.78, 5) is 12.0. The zero-order chi connectivity index (χ0) is 15.1. The van der Waals surface area contributed by atoms with Crippen LogP contribution < -0.4 is 10.6 Å². The summed E-state index contributed by atoms with van der Waals surface area (Å²) in [5.74, 6) is -0.316. The van der Waals surface area contributed by atoms with Crippen LogP contribution in [0.15, 0.2) is 24.3 Å². The lowest BCUT2D eigenvalue weighted by molar-refractivity contribution is -0.121. The van der Waals surface area contributed by atoms with Gasteiger partial charge in [-0.1, -0.05) is 12.1 Å². The molecule has 1 aromatic carbocycles. The average molecular weight is 294 g/mol. The van der Waals surface area contributed by atoms with E-state index >= 15 is 0 Å². The van der Waals surface area contributed by atoms with Crippen LogP contribution in [0.25, 0.3) is 0 Å². The fourth-order valence-corrected chi connectivity index (χ4v) is 2.77. The molecule has 1 amide bonds. The molecule has 0 atom stereocenters. The predicted molar refractivity (Wildman–Crippen MR) is 79.5 cm³/mol. The van der Waals surface area contributed by atoms with Crippen LogP contribution in [0.5, 0.6) is 0 Å². The number of hydrogen-bond donors (Lipinski definition) is 2. The highest BCUT2D eigenvalue weighted by Gasteiger charge is 2.32. The molecule has 2 rings (SSSR count). The van der Waals surface area contributed by atoms with Crippen molar-refractivity contribution in [3.05, 3.63) is 35.6 Å². The molecular formula is C16H23FN2O2. The van der Waals surface area contributed by atoms with E-state index in [2.05, 4.69) is 10.6 Å². The summed E-state index contributed by atoms with van der Waals surface area (Å²) in [5, 5.41) is 6.33. The Bertz CT molecular complexity index is 450. The fraction of sp³-hybridized carbons (Fsp3) is 0.562. The maximum absolute atomic E-state index is 12.8. The molecule has 1 heterocycles. The van der Waals surface area contributed by atoms with Crippen LogP contribution in [0.1, 0.15) is 18.4 Å². The van der Waals surface area contributed by atoms with E-state index in [4.69, 9.17) is 4.74 Å². The molecule has 1 aromatic rings. The molecule has 1 fully saturated rings. The first-order valence-corrected chi connectivity index (χ1v) is 7.34. The molecule has 0 radical (unpaired) electrons. The van der Waals surface area contributed by atoms with Crippen LogP contribution in [0.2, 0.25) is 0 Å². The summed E-state index contributed by atoms with van der Waals surface area (Å²) in [6.07, 6.45) is 2.27. The van der Waals surface area contributed by atoms with Crippen LogP contribution in [0.4, 0.5) is 4.39 Å². The third-order valence-corrected chi connectivity index (χ3v) is 4.05. The highest BCUT2D eigenvalue weighted by Crippen LogP contribution is 2.28. The van der Waals surface area contributed by atoms with E-state index in [1.165, 1.54) is 12.1 Å². The van der Waals surface area contributed by atoms with Crippen molar-refractivity contribution in [1.82, 2.24) is 10.6 Å². The number of carbonyl (C=O) groups excluding carboxylic acids is 1. The van der Waals surface area contributed by atoms with Gasteiger partial charge in [-0.2, -0.15) is 0 Å². The Morgan fingerprint density at radius 2 is 2.00 bits per heavy atom. The minimum absolute atomic E-state index is 0.0262. The number of ether oxygens (including phenoxy) is 1. The molecule has 4 nitrogen and oxygen atoms in total. The second kappa shape index (κ2) is 7.52. The topological polar surface area (TPSA) is 50.4 Å². The van der Waals surface area contributed by atoms with Crippen molar-refractivity contribution in [1.29, 1.82) is 0 Å². The Hall–Kier alpha value is -1.46. The Labute approximate surface area is 125 Å². The standard InChI is InChI=1S/C16H23FN2O2/c1-21-12-16(6-8-18-9-7-16)11-19-15(20)10-13-2-4-14(17)5-3-13/h2-5,18H,6-12H2,1H3,(H,19,20). The van der Waals surface area contributed by atoms with E-state index in [-0.39, 0.29) is 23.6 Å². The Balaban J connectivity index is 1.85. The predicted octanol–water partition coefficient (Wildman–Crippen LogP) is 1.50. The summed E-state index contributed by atoms with van der Waals surface area (Å²) in [7, 11) is 1.70. The van der Waals surface area contributed by atoms with Crippen molar-refractivity contribution in [3.8, 4) is 0 Å². The number of methoxy groups -OCH3 is 1. The highest BCUT2D eigenvalue weighted by atomic mass is 19.1. The van der Waals surface area contributed by atoms with Gasteiger partial charge in [0.05, 0.1) is 13.0 Å². The molecule has 1 aliphatic rings. The fourth-order valence-electron chi connectivity index (χ4n) is 2.77. The Kier molecular flexibility index (Phi) is 5.70. The molecule has 0 saturated carbocycles. The number of carbonyl (C=O) groups is 1. The van der Waals surface area contributed by atoms with E-state index in [1.54, 1.807) is 19.2 Å². The summed E-state index contributed by atoms with van der Waals surface area (Å²) in [5.41, 5.74) is 0.846. The maximum atomic E-state index is 12.8. The number of piperidine rings is 1. The van der Waals surface area contributed by atoms with Crippen LogP contribution in [0, 0.1) is 11.2 Å². The molecule has 0 spiro atoms. The summed E-state index contributed by atoms with van der Waals surface area (Å²) < 4.78 is 18.2. The van der Waals surface area contributed by atoms with Crippen molar-refractivity contribution >= 4 is 5.91 Å². The molecule has 2 N–H and O–H groups in total. The molecule has 0 bridgehead atoms. The normalized spacial score (nSPS) is 17.4. The second-order valence-corrected chi connectivity index (χ2v) is 5.76. The van der Waals surface area contributed by atoms with Gasteiger partial charge in [0.1, 0.15) is 5.82 Å². The monoisotopic (exact) mass is 294 g/mol. The summed E-state index contributed by atoms with van der Waals surface area (Å²) in [6.45, 7) is 3.20. The number of amides is 1. The smallest absolute Gasteiger partial charge is 0.224 e. The lowest BCUT2D eigenvalue weighted by Crippen LogP contribution is -2.47. The zero-order valence-corrected chi connectivity index (χ0v) is 12.5. The van der Waals surface area contributed by atoms with Gasteiger partial charge >= 0.3 is 0 Å². The van der Waals surface area contributed by atoms with Crippen LogP contribution in [-0.4, -0.2) is 39.3 Å². The molecule has 1 saturated heterocycles. The molecule has 0 unspecified atom stereocenters. The largest absolute Gasteiger partial charge is 0.384 e. The molecular weight excluding hydrogens is 271 g/mol. The second-order valence-electron chi connectivity index (χ2n) is 5.76. The van der Waals surface area contributed by atoms with Crippen LogP contribution in [0.3, 0.4) is 0 Å². The molecule has 0 aromatic heterocycles. The number of rotatable bonds is 6. The van der Waals surface area contributed by atoms with Gasteiger partial charge in [-0.15, -0.1) is 0 Å². The van der Waals surface area contributed by atoms with Gasteiger partial charge in [-0.05, 0) is 43.6 Å². The maximum Gasteiger partial charge on any atom is 0.224 e. The van der Waals surface area contributed by atoms with Crippen molar-refractivity contribution < 1.29 is 13.9 Å². The Morgan fingerprint density at radius 1 is 1.33 bits per heavy atom. The van der Waals surface area contributed by atoms with Crippen LogP contribution in [-0.2, 0) is 16.0 Å². The third kappa shape index (κ3) is 4.79. The van der Waals surface area contributed by atoms with E-state index in [0.29, 0.717) is 13.2 Å². The number of hydrogen-bond acceptors (Lipinski definition) is 3. The summed E-state index contributed by atoms with van der Waals surface area (Å²) >= 11 is 0. The Morgan fingerprint density at radius 3 is 2.62 bits per heavy atom. The zero-order valence-electron chi connectivity index (χ0n) is 12.5.